The number of halogens is 1. The minimum atomic E-state index is -0.540. The smallest absolute Gasteiger partial charge is 0.271 e. The lowest BCUT2D eigenvalue weighted by atomic mass is 10.3. The third-order valence-electron chi connectivity index (χ3n) is 2.04. The Morgan fingerprint density at radius 2 is 2.41 bits per heavy atom. The van der Waals surface area contributed by atoms with E-state index in [1.165, 1.54) is 18.2 Å². The Bertz CT molecular complexity index is 459. The summed E-state index contributed by atoms with van der Waals surface area (Å²) in [7, 11) is 1.63. The van der Waals surface area contributed by atoms with Gasteiger partial charge in [0.2, 0.25) is 0 Å². The Kier molecular flexibility index (Phi) is 4.69. The lowest BCUT2D eigenvalue weighted by Crippen LogP contribution is -2.29. The number of nitro benzene ring substituents is 1. The molecule has 0 saturated carbocycles. The number of rotatable bonds is 5. The van der Waals surface area contributed by atoms with Gasteiger partial charge in [-0.25, -0.2) is 0 Å². The van der Waals surface area contributed by atoms with Crippen molar-refractivity contribution in [1.82, 2.24) is 5.32 Å². The predicted molar refractivity (Wildman–Crippen MR) is 62.1 cm³/mol. The highest BCUT2D eigenvalue weighted by Gasteiger charge is 2.11. The van der Waals surface area contributed by atoms with Gasteiger partial charge in [-0.2, -0.15) is 5.26 Å². The molecule has 0 spiro atoms. The van der Waals surface area contributed by atoms with E-state index in [4.69, 9.17) is 21.6 Å². The maximum absolute atomic E-state index is 10.5. The fraction of sp³-hybridized carbons (Fsp3) is 0.300. The van der Waals surface area contributed by atoms with Crippen LogP contribution in [0, 0.1) is 21.4 Å². The fourth-order valence-corrected chi connectivity index (χ4v) is 1.31. The molecule has 0 bridgehead atoms. The molecule has 0 saturated heterocycles. The van der Waals surface area contributed by atoms with Gasteiger partial charge in [-0.15, -0.1) is 0 Å². The number of ether oxygens (including phenoxy) is 1. The minimum absolute atomic E-state index is 0.104. The zero-order chi connectivity index (χ0) is 12.8. The number of non-ortho nitro benzene ring substituents is 1. The first-order valence-electron chi connectivity index (χ1n) is 4.72. The zero-order valence-corrected chi connectivity index (χ0v) is 9.77. The van der Waals surface area contributed by atoms with E-state index in [-0.39, 0.29) is 17.3 Å². The van der Waals surface area contributed by atoms with Crippen LogP contribution in [0.15, 0.2) is 18.2 Å². The van der Waals surface area contributed by atoms with E-state index < -0.39 is 11.0 Å². The van der Waals surface area contributed by atoms with Gasteiger partial charge in [0.05, 0.1) is 16.0 Å². The molecule has 0 aliphatic carbocycles. The Hall–Kier alpha value is -1.84. The first-order chi connectivity index (χ1) is 8.08. The Morgan fingerprint density at radius 3 is 2.88 bits per heavy atom. The van der Waals surface area contributed by atoms with Gasteiger partial charge in [0.25, 0.3) is 5.69 Å². The SMILES string of the molecule is CNC(C#N)COc1ccc([N+](=O)[O-])cc1Cl. The van der Waals surface area contributed by atoms with Gasteiger partial charge in [0.15, 0.2) is 0 Å². The van der Waals surface area contributed by atoms with Crippen molar-refractivity contribution in [3.63, 3.8) is 0 Å². The summed E-state index contributed by atoms with van der Waals surface area (Å²) in [4.78, 5) is 9.94. The average Bonchev–Trinajstić information content (AvgIpc) is 2.31. The average molecular weight is 256 g/mol. The number of nitro groups is 1. The molecule has 0 aliphatic heterocycles. The van der Waals surface area contributed by atoms with Crippen molar-refractivity contribution in [3.8, 4) is 11.8 Å². The van der Waals surface area contributed by atoms with Crippen LogP contribution in [-0.4, -0.2) is 24.6 Å². The molecule has 90 valence electrons. The van der Waals surface area contributed by atoms with Crippen LogP contribution in [-0.2, 0) is 0 Å². The maximum Gasteiger partial charge on any atom is 0.271 e. The largest absolute Gasteiger partial charge is 0.489 e. The van der Waals surface area contributed by atoms with Crippen molar-refractivity contribution in [2.24, 2.45) is 0 Å². The van der Waals surface area contributed by atoms with Gasteiger partial charge in [-0.1, -0.05) is 11.6 Å². The van der Waals surface area contributed by atoms with Crippen molar-refractivity contribution in [3.05, 3.63) is 33.3 Å². The summed E-state index contributed by atoms with van der Waals surface area (Å²) < 4.78 is 5.28. The molecular weight excluding hydrogens is 246 g/mol. The molecule has 0 radical (unpaired) electrons. The number of hydrogen-bond donors (Lipinski definition) is 1. The number of hydrogen-bond acceptors (Lipinski definition) is 5. The fourth-order valence-electron chi connectivity index (χ4n) is 1.08. The maximum atomic E-state index is 10.5. The summed E-state index contributed by atoms with van der Waals surface area (Å²) in [6.07, 6.45) is 0. The molecule has 0 heterocycles. The summed E-state index contributed by atoms with van der Waals surface area (Å²) in [5.41, 5.74) is -0.104. The van der Waals surface area contributed by atoms with Crippen LogP contribution in [0.25, 0.3) is 0 Å². The number of benzene rings is 1. The van der Waals surface area contributed by atoms with E-state index in [2.05, 4.69) is 5.32 Å². The Balaban J connectivity index is 2.73. The zero-order valence-electron chi connectivity index (χ0n) is 9.01. The van der Waals surface area contributed by atoms with Crippen LogP contribution < -0.4 is 10.1 Å². The highest BCUT2D eigenvalue weighted by atomic mass is 35.5. The Labute approximate surface area is 103 Å². The van der Waals surface area contributed by atoms with Crippen LogP contribution in [0.4, 0.5) is 5.69 Å². The topological polar surface area (TPSA) is 88.2 Å². The number of likely N-dealkylation sites (N-methyl/N-ethyl adjacent to an activating group) is 1. The molecule has 6 nitrogen and oxygen atoms in total. The van der Waals surface area contributed by atoms with Crippen molar-refractivity contribution in [1.29, 1.82) is 5.26 Å². The van der Waals surface area contributed by atoms with Crippen molar-refractivity contribution in [2.45, 2.75) is 6.04 Å². The van der Waals surface area contributed by atoms with E-state index in [0.29, 0.717) is 5.75 Å². The second kappa shape index (κ2) is 6.03. The van der Waals surface area contributed by atoms with E-state index >= 15 is 0 Å². The third-order valence-corrected chi connectivity index (χ3v) is 2.33. The van der Waals surface area contributed by atoms with Gasteiger partial charge >= 0.3 is 0 Å². The second-order valence-electron chi connectivity index (χ2n) is 3.15. The van der Waals surface area contributed by atoms with Crippen LogP contribution in [0.3, 0.4) is 0 Å². The van der Waals surface area contributed by atoms with E-state index in [1.807, 2.05) is 6.07 Å². The van der Waals surface area contributed by atoms with Crippen LogP contribution >= 0.6 is 11.6 Å². The monoisotopic (exact) mass is 255 g/mol. The third kappa shape index (κ3) is 3.59. The van der Waals surface area contributed by atoms with Gasteiger partial charge in [0, 0.05) is 12.1 Å². The molecule has 0 fully saturated rings. The van der Waals surface area contributed by atoms with Gasteiger partial charge in [-0.3, -0.25) is 10.1 Å². The van der Waals surface area contributed by atoms with E-state index in [0.717, 1.165) is 0 Å². The van der Waals surface area contributed by atoms with E-state index in [9.17, 15) is 10.1 Å². The standard InChI is InChI=1S/C10H10ClN3O3/c1-13-7(5-12)6-17-10-3-2-8(14(15)16)4-9(10)11/h2-4,7,13H,6H2,1H3. The predicted octanol–water partition coefficient (Wildman–Crippen LogP) is 1.74. The highest BCUT2D eigenvalue weighted by molar-refractivity contribution is 6.32. The lowest BCUT2D eigenvalue weighted by molar-refractivity contribution is -0.384. The molecule has 17 heavy (non-hydrogen) atoms. The number of nitrogens with zero attached hydrogens (tertiary/aromatic N) is 2. The summed E-state index contributed by atoms with van der Waals surface area (Å²) in [6, 6.07) is 5.43. The van der Waals surface area contributed by atoms with Crippen LogP contribution in [0.1, 0.15) is 0 Å². The minimum Gasteiger partial charge on any atom is -0.489 e. The lowest BCUT2D eigenvalue weighted by Gasteiger charge is -2.10. The highest BCUT2D eigenvalue weighted by Crippen LogP contribution is 2.28. The molecule has 0 aromatic heterocycles. The first kappa shape index (κ1) is 13.2. The van der Waals surface area contributed by atoms with Gasteiger partial charge in [-0.05, 0) is 13.1 Å². The van der Waals surface area contributed by atoms with Crippen LogP contribution in [0.5, 0.6) is 5.75 Å². The Morgan fingerprint density at radius 1 is 1.71 bits per heavy atom. The molecule has 0 aliphatic rings. The first-order valence-corrected chi connectivity index (χ1v) is 5.10. The molecule has 7 heteroatoms. The number of nitriles is 1. The summed E-state index contributed by atoms with van der Waals surface area (Å²) >= 11 is 5.81. The quantitative estimate of drug-likeness (QED) is 0.639. The summed E-state index contributed by atoms with van der Waals surface area (Å²) in [5, 5.41) is 22.0. The van der Waals surface area contributed by atoms with Crippen molar-refractivity contribution >= 4 is 17.3 Å². The second-order valence-corrected chi connectivity index (χ2v) is 3.56. The van der Waals surface area contributed by atoms with Crippen LogP contribution in [0.2, 0.25) is 5.02 Å². The molecule has 1 unspecified atom stereocenters. The van der Waals surface area contributed by atoms with Gasteiger partial charge < -0.3 is 10.1 Å². The van der Waals surface area contributed by atoms with E-state index in [1.54, 1.807) is 7.05 Å². The molecular formula is C10H10ClN3O3. The molecule has 0 amide bonds. The van der Waals surface area contributed by atoms with Crippen molar-refractivity contribution < 1.29 is 9.66 Å². The molecule has 1 rings (SSSR count). The molecule has 1 atom stereocenters. The summed E-state index contributed by atoms with van der Waals surface area (Å²) in [5.74, 6) is 0.313. The molecule has 1 N–H and O–H groups in total. The van der Waals surface area contributed by atoms with Gasteiger partial charge in [0.1, 0.15) is 18.4 Å². The molecule has 1 aromatic rings. The summed E-state index contributed by atoms with van der Waals surface area (Å²) in [6.45, 7) is 0.116. The normalized spacial score (nSPS) is 11.6. The van der Waals surface area contributed by atoms with Crippen molar-refractivity contribution in [2.75, 3.05) is 13.7 Å². The number of nitrogens with one attached hydrogen (secondary N) is 1. The molecule has 1 aromatic carbocycles.